The number of hydrogen-bond donors (Lipinski definition) is 8. The Labute approximate surface area is 312 Å². The molecule has 2 saturated heterocycles. The number of nitrogens with one attached hydrogen (secondary N) is 2. The summed E-state index contributed by atoms with van der Waals surface area (Å²) < 4.78 is 31.3. The topological polar surface area (TPSA) is 267 Å². The minimum absolute atomic E-state index is 0.0441. The van der Waals surface area contributed by atoms with Gasteiger partial charge in [-0.1, -0.05) is 18.2 Å². The number of piperidine rings is 1. The smallest absolute Gasteiger partial charge is 0.534 e. The van der Waals surface area contributed by atoms with E-state index in [9.17, 15) is 63.1 Å². The van der Waals surface area contributed by atoms with Crippen molar-refractivity contribution in [3.05, 3.63) is 82.2 Å². The fourth-order valence-electron chi connectivity index (χ4n) is 6.92. The number of nitrogens with zero attached hydrogens (tertiary/aromatic N) is 3. The molecule has 55 heavy (non-hydrogen) atoms. The van der Waals surface area contributed by atoms with E-state index in [1.54, 1.807) is 11.8 Å². The lowest BCUT2D eigenvalue weighted by atomic mass is 9.72. The number of carboxylic acids is 1. The lowest BCUT2D eigenvalue weighted by molar-refractivity contribution is -0.123. The molecular weight excluding hydrogens is 747 g/mol. The number of carboxylic acid groups (broad SMARTS) is 1. The van der Waals surface area contributed by atoms with Crippen LogP contribution in [0.3, 0.4) is 0 Å². The second kappa shape index (κ2) is 15.2. The number of benzene rings is 3. The van der Waals surface area contributed by atoms with Gasteiger partial charge in [-0.05, 0) is 73.2 Å². The van der Waals surface area contributed by atoms with Crippen molar-refractivity contribution in [1.29, 1.82) is 0 Å². The second-order valence-electron chi connectivity index (χ2n) is 13.4. The molecule has 21 heteroatoms. The fourth-order valence-corrected chi connectivity index (χ4v) is 7.45. The van der Waals surface area contributed by atoms with E-state index in [2.05, 4.69) is 10.6 Å². The number of aromatic carboxylic acids is 1. The molecule has 3 heterocycles. The Balaban J connectivity index is 1.14. The number of imide groups is 1. The van der Waals surface area contributed by atoms with E-state index in [1.807, 2.05) is 0 Å². The zero-order chi connectivity index (χ0) is 39.9. The molecule has 8 N–H and O–H groups in total. The highest BCUT2D eigenvalue weighted by Gasteiger charge is 2.42. The number of amides is 6. The lowest BCUT2D eigenvalue weighted by Gasteiger charge is -2.36. The predicted molar refractivity (Wildman–Crippen MR) is 189 cm³/mol. The quantitative estimate of drug-likeness (QED) is 0.0901. The highest BCUT2D eigenvalue weighted by molar-refractivity contribution is 7.60. The van der Waals surface area contributed by atoms with Gasteiger partial charge in [0.1, 0.15) is 23.2 Å². The molecular formula is C34H36BFN5O13P. The first kappa shape index (κ1) is 39.0. The predicted octanol–water partition coefficient (Wildman–Crippen LogP) is 0.979. The Morgan fingerprint density at radius 3 is 2.29 bits per heavy atom. The molecule has 3 aromatic carbocycles. The number of aryl methyl sites for hydroxylation is 1. The van der Waals surface area contributed by atoms with Gasteiger partial charge >= 0.3 is 32.7 Å². The minimum Gasteiger partial charge on any atom is -0.534 e. The molecule has 3 aromatic rings. The summed E-state index contributed by atoms with van der Waals surface area (Å²) in [4.78, 5) is 88.8. The zero-order valence-corrected chi connectivity index (χ0v) is 30.0. The summed E-state index contributed by atoms with van der Waals surface area (Å²) in [6.45, 7) is 2.17. The van der Waals surface area contributed by atoms with Crippen molar-refractivity contribution in [2.45, 2.75) is 44.2 Å². The molecule has 2 fully saturated rings. The molecule has 0 aliphatic carbocycles. The third-order valence-corrected chi connectivity index (χ3v) is 10.8. The lowest BCUT2D eigenvalue weighted by Crippen LogP contribution is -2.56. The van der Waals surface area contributed by atoms with Crippen molar-refractivity contribution in [2.75, 3.05) is 26.2 Å². The molecule has 0 bridgehead atoms. The highest BCUT2D eigenvalue weighted by Crippen LogP contribution is 2.35. The standard InChI is InChI=1S/C34H36BFN5O13P/c1-17-14-20(15-24(42)28(17)43)31(45)39-10-8-21(9-11-39)40-12-13-41(34(40)49)33(48)38-27(18-2-5-22(6-3-18)55(51,52)53)30(44)37-25-16-19-4-7-23(36)26(32(46)47)29(19)54-35(25)50/h2-7,14-15,21,25,27,42-43,50H,8-13,16H2,1H3,(H,37,44)(H,38,48)(H,46,47)(H2,51,52,53)/t25-,27+/m0/s1. The summed E-state index contributed by atoms with van der Waals surface area (Å²) in [6, 6.07) is 5.72. The average Bonchev–Trinajstić information content (AvgIpc) is 3.53. The van der Waals surface area contributed by atoms with Gasteiger partial charge < -0.3 is 55.2 Å². The number of likely N-dealkylation sites (tertiary alicyclic amines) is 1. The van der Waals surface area contributed by atoms with Gasteiger partial charge in [0.25, 0.3) is 5.91 Å². The molecule has 290 valence electrons. The second-order valence-corrected chi connectivity index (χ2v) is 15.0. The van der Waals surface area contributed by atoms with Gasteiger partial charge in [0.2, 0.25) is 5.91 Å². The van der Waals surface area contributed by atoms with E-state index in [4.69, 9.17) is 4.65 Å². The zero-order valence-electron chi connectivity index (χ0n) is 29.1. The molecule has 6 rings (SSSR count). The number of carbonyl (C=O) groups excluding carboxylic acids is 4. The Bertz CT molecular complexity index is 2090. The van der Waals surface area contributed by atoms with Crippen molar-refractivity contribution in [2.24, 2.45) is 0 Å². The van der Waals surface area contributed by atoms with Crippen molar-refractivity contribution in [1.82, 2.24) is 25.3 Å². The summed E-state index contributed by atoms with van der Waals surface area (Å²) in [5, 5.41) is 44.6. The van der Waals surface area contributed by atoms with E-state index in [1.165, 1.54) is 35.2 Å². The van der Waals surface area contributed by atoms with Crippen LogP contribution in [-0.4, -0.2) is 120 Å². The summed E-state index contributed by atoms with van der Waals surface area (Å²) in [6.07, 6.45) is 0.548. The van der Waals surface area contributed by atoms with Crippen LogP contribution in [0.25, 0.3) is 0 Å². The maximum absolute atomic E-state index is 14.2. The molecule has 0 radical (unpaired) electrons. The van der Waals surface area contributed by atoms with Gasteiger partial charge in [0, 0.05) is 37.8 Å². The van der Waals surface area contributed by atoms with Crippen LogP contribution < -0.4 is 20.6 Å². The van der Waals surface area contributed by atoms with Gasteiger partial charge in [-0.25, -0.2) is 23.7 Å². The van der Waals surface area contributed by atoms with Gasteiger partial charge in [0.05, 0.1) is 11.2 Å². The molecule has 2 atom stereocenters. The van der Waals surface area contributed by atoms with Crippen LogP contribution in [0.5, 0.6) is 17.2 Å². The van der Waals surface area contributed by atoms with Crippen molar-refractivity contribution in [3.8, 4) is 17.2 Å². The molecule has 0 saturated carbocycles. The first-order valence-corrected chi connectivity index (χ1v) is 18.6. The minimum atomic E-state index is -4.68. The van der Waals surface area contributed by atoms with Crippen LogP contribution in [0.4, 0.5) is 14.0 Å². The van der Waals surface area contributed by atoms with E-state index in [-0.39, 0.29) is 72.3 Å². The van der Waals surface area contributed by atoms with Gasteiger partial charge in [0.15, 0.2) is 11.5 Å². The summed E-state index contributed by atoms with van der Waals surface area (Å²) in [7, 11) is -6.53. The van der Waals surface area contributed by atoms with Crippen LogP contribution in [0.15, 0.2) is 48.5 Å². The maximum Gasteiger partial charge on any atom is 0.547 e. The van der Waals surface area contributed by atoms with Crippen LogP contribution in [0.2, 0.25) is 0 Å². The van der Waals surface area contributed by atoms with Crippen molar-refractivity contribution >= 4 is 49.9 Å². The number of aromatic hydroxyl groups is 2. The van der Waals surface area contributed by atoms with E-state index in [0.29, 0.717) is 18.4 Å². The van der Waals surface area contributed by atoms with Crippen LogP contribution in [0.1, 0.15) is 56.3 Å². The van der Waals surface area contributed by atoms with E-state index >= 15 is 0 Å². The first-order valence-electron chi connectivity index (χ1n) is 17.0. The number of rotatable bonds is 8. The van der Waals surface area contributed by atoms with Gasteiger partial charge in [-0.15, -0.1) is 0 Å². The summed E-state index contributed by atoms with van der Waals surface area (Å²) >= 11 is 0. The number of fused-ring (bicyclic) bond motifs is 1. The summed E-state index contributed by atoms with van der Waals surface area (Å²) in [5.74, 6) is -6.41. The number of urea groups is 2. The largest absolute Gasteiger partial charge is 0.547 e. The third kappa shape index (κ3) is 7.93. The van der Waals surface area contributed by atoms with E-state index < -0.39 is 73.5 Å². The molecule has 3 aliphatic heterocycles. The monoisotopic (exact) mass is 783 g/mol. The van der Waals surface area contributed by atoms with Crippen LogP contribution >= 0.6 is 7.60 Å². The van der Waals surface area contributed by atoms with Crippen molar-refractivity contribution in [3.63, 3.8) is 0 Å². The highest BCUT2D eigenvalue weighted by atomic mass is 31.2. The first-order chi connectivity index (χ1) is 25.9. The molecule has 6 amide bonds. The molecule has 3 aliphatic rings. The SMILES string of the molecule is Cc1cc(C(=O)N2CCC(N3CCN(C(=O)N[C@@H](C(=O)N[C@H]4Cc5ccc(F)c(C(=O)O)c5OB4O)c4ccc(P(=O)(O)O)cc4)C3=O)CC2)cc(O)c1O. The van der Waals surface area contributed by atoms with Gasteiger partial charge in [-0.3, -0.25) is 14.2 Å². The Hall–Kier alpha value is -5.69. The number of carbonyl (C=O) groups is 5. The number of hydrogen-bond acceptors (Lipinski definition) is 10. The van der Waals surface area contributed by atoms with Crippen LogP contribution in [-0.2, 0) is 15.8 Å². The Morgan fingerprint density at radius 2 is 1.67 bits per heavy atom. The Morgan fingerprint density at radius 1 is 1.00 bits per heavy atom. The summed E-state index contributed by atoms with van der Waals surface area (Å²) in [5.41, 5.74) is -0.0710. The maximum atomic E-state index is 14.2. The normalized spacial score (nSPS) is 18.1. The fraction of sp³-hybridized carbons (Fsp3) is 0.324. The number of phenols is 2. The molecule has 18 nitrogen and oxygen atoms in total. The number of phenolic OH excluding ortho intramolecular Hbond substituents is 2. The number of halogens is 1. The van der Waals surface area contributed by atoms with Gasteiger partial charge in [-0.2, -0.15) is 0 Å². The van der Waals surface area contributed by atoms with Crippen LogP contribution in [0, 0.1) is 12.7 Å². The molecule has 0 aromatic heterocycles. The average molecular weight is 783 g/mol. The molecule has 0 unspecified atom stereocenters. The van der Waals surface area contributed by atoms with E-state index in [0.717, 1.165) is 23.1 Å². The molecule has 0 spiro atoms. The third-order valence-electron chi connectivity index (χ3n) is 9.85. The Kier molecular flexibility index (Phi) is 10.8. The van der Waals surface area contributed by atoms with Crippen molar-refractivity contribution < 1.29 is 67.7 Å².